The van der Waals surface area contributed by atoms with Crippen LogP contribution in [-0.4, -0.2) is 5.91 Å². The Morgan fingerprint density at radius 3 is 2.42 bits per heavy atom. The van der Waals surface area contributed by atoms with Crippen molar-refractivity contribution in [2.75, 3.05) is 0 Å². The van der Waals surface area contributed by atoms with Gasteiger partial charge in [-0.2, -0.15) is 0 Å². The Kier molecular flexibility index (Phi) is 3.98. The number of nitrogens with one attached hydrogen (secondary N) is 1. The molecule has 104 valence electrons. The largest absolute Gasteiger partial charge is 0.349 e. The van der Waals surface area contributed by atoms with Gasteiger partial charge >= 0.3 is 0 Å². The fraction of sp³-hybridized carbons (Fsp3) is 0.588. The van der Waals surface area contributed by atoms with E-state index in [2.05, 4.69) is 30.4 Å². The highest BCUT2D eigenvalue weighted by molar-refractivity contribution is 5.81. The minimum absolute atomic E-state index is 0.0824. The van der Waals surface area contributed by atoms with Crippen molar-refractivity contribution >= 4 is 5.91 Å². The average molecular weight is 259 g/mol. The number of fused-ring (bicyclic) bond motifs is 1. The first kappa shape index (κ1) is 14.1. The molecule has 0 radical (unpaired) electrons. The van der Waals surface area contributed by atoms with Gasteiger partial charge in [0.25, 0.3) is 0 Å². The molecule has 2 heteroatoms. The van der Waals surface area contributed by atoms with Crippen LogP contribution in [0.2, 0.25) is 0 Å². The maximum atomic E-state index is 12.0. The first-order chi connectivity index (χ1) is 8.88. The molecule has 0 aliphatic heterocycles. The topological polar surface area (TPSA) is 29.1 Å². The molecular weight excluding hydrogens is 234 g/mol. The fourth-order valence-corrected chi connectivity index (χ4v) is 2.52. The van der Waals surface area contributed by atoms with Gasteiger partial charge in [-0.25, -0.2) is 0 Å². The molecule has 0 aromatic heterocycles. The molecule has 1 aromatic rings. The Labute approximate surface area is 116 Å². The smallest absolute Gasteiger partial charge is 0.225 e. The van der Waals surface area contributed by atoms with Crippen LogP contribution in [-0.2, 0) is 17.6 Å². The summed E-state index contributed by atoms with van der Waals surface area (Å²) in [7, 11) is 0. The van der Waals surface area contributed by atoms with Crippen molar-refractivity contribution in [3.05, 3.63) is 34.9 Å². The molecule has 1 aliphatic rings. The molecule has 1 amide bonds. The zero-order chi connectivity index (χ0) is 14.0. The summed E-state index contributed by atoms with van der Waals surface area (Å²) >= 11 is 0. The minimum atomic E-state index is -0.331. The van der Waals surface area contributed by atoms with E-state index in [1.54, 1.807) is 0 Å². The highest BCUT2D eigenvalue weighted by Gasteiger charge is 2.23. The first-order valence-electron chi connectivity index (χ1n) is 7.30. The number of carbonyl (C=O) groups excluding carboxylic acids is 1. The van der Waals surface area contributed by atoms with Crippen LogP contribution < -0.4 is 5.32 Å². The molecule has 2 rings (SSSR count). The van der Waals surface area contributed by atoms with Gasteiger partial charge in [0.2, 0.25) is 5.91 Å². The summed E-state index contributed by atoms with van der Waals surface area (Å²) in [6.07, 6.45) is 4.99. The number of benzene rings is 1. The second-order valence-electron chi connectivity index (χ2n) is 6.68. The summed E-state index contributed by atoms with van der Waals surface area (Å²) in [6, 6.07) is 6.77. The van der Waals surface area contributed by atoms with E-state index in [1.807, 2.05) is 20.8 Å². The lowest BCUT2D eigenvalue weighted by Gasteiger charge is -2.23. The molecule has 1 N–H and O–H groups in total. The van der Waals surface area contributed by atoms with Crippen molar-refractivity contribution in [1.82, 2.24) is 5.32 Å². The van der Waals surface area contributed by atoms with E-state index in [9.17, 15) is 4.79 Å². The molecule has 1 aromatic carbocycles. The number of aryl methyl sites for hydroxylation is 2. The molecule has 1 aliphatic carbocycles. The second kappa shape index (κ2) is 5.36. The highest BCUT2D eigenvalue weighted by Crippen LogP contribution is 2.25. The van der Waals surface area contributed by atoms with Gasteiger partial charge in [0.15, 0.2) is 0 Å². The predicted octanol–water partition coefficient (Wildman–Crippen LogP) is 3.79. The maximum Gasteiger partial charge on any atom is 0.225 e. The molecule has 0 saturated heterocycles. The van der Waals surface area contributed by atoms with E-state index >= 15 is 0 Å². The van der Waals surface area contributed by atoms with E-state index in [0.717, 1.165) is 0 Å². The molecule has 0 unspecified atom stereocenters. The molecule has 0 bridgehead atoms. The first-order valence-corrected chi connectivity index (χ1v) is 7.30. The van der Waals surface area contributed by atoms with Gasteiger partial charge in [-0.1, -0.05) is 39.0 Å². The van der Waals surface area contributed by atoms with Crippen LogP contribution in [0.1, 0.15) is 63.3 Å². The average Bonchev–Trinajstić information content (AvgIpc) is 2.37. The Hall–Kier alpha value is -1.31. The van der Waals surface area contributed by atoms with Crippen molar-refractivity contribution in [3.8, 4) is 0 Å². The standard InChI is InChI=1S/C17H25NO/c1-12(18-16(19)17(2,3)4)14-10-9-13-7-5-6-8-15(13)11-14/h9-12H,5-8H2,1-4H3,(H,18,19)/t12-/m1/s1. The fourth-order valence-electron chi connectivity index (χ4n) is 2.52. The van der Waals surface area contributed by atoms with Crippen molar-refractivity contribution in [2.24, 2.45) is 5.41 Å². The van der Waals surface area contributed by atoms with Crippen molar-refractivity contribution in [2.45, 2.75) is 59.4 Å². The third-order valence-corrected chi connectivity index (χ3v) is 3.90. The highest BCUT2D eigenvalue weighted by atomic mass is 16.2. The Morgan fingerprint density at radius 2 is 1.79 bits per heavy atom. The lowest BCUT2D eigenvalue weighted by molar-refractivity contribution is -0.129. The third kappa shape index (κ3) is 3.37. The van der Waals surface area contributed by atoms with Crippen LogP contribution in [0.25, 0.3) is 0 Å². The lowest BCUT2D eigenvalue weighted by Crippen LogP contribution is -2.36. The van der Waals surface area contributed by atoms with Crippen LogP contribution in [0.4, 0.5) is 0 Å². The van der Waals surface area contributed by atoms with E-state index in [-0.39, 0.29) is 17.4 Å². The minimum Gasteiger partial charge on any atom is -0.349 e. The van der Waals surface area contributed by atoms with Crippen LogP contribution in [0, 0.1) is 5.41 Å². The van der Waals surface area contributed by atoms with E-state index in [4.69, 9.17) is 0 Å². The zero-order valence-electron chi connectivity index (χ0n) is 12.5. The van der Waals surface area contributed by atoms with Gasteiger partial charge in [0.05, 0.1) is 6.04 Å². The summed E-state index contributed by atoms with van der Waals surface area (Å²) in [5, 5.41) is 3.10. The summed E-state index contributed by atoms with van der Waals surface area (Å²) in [6.45, 7) is 7.90. The Balaban J connectivity index is 2.11. The van der Waals surface area contributed by atoms with Crippen molar-refractivity contribution in [1.29, 1.82) is 0 Å². The summed E-state index contributed by atoms with van der Waals surface area (Å²) in [5.41, 5.74) is 3.85. The van der Waals surface area contributed by atoms with Gasteiger partial charge in [0.1, 0.15) is 0 Å². The molecule has 19 heavy (non-hydrogen) atoms. The summed E-state index contributed by atoms with van der Waals surface area (Å²) < 4.78 is 0. The summed E-state index contributed by atoms with van der Waals surface area (Å²) in [4.78, 5) is 12.0. The SMILES string of the molecule is C[C@@H](NC(=O)C(C)(C)C)c1ccc2c(c1)CCCC2. The quantitative estimate of drug-likeness (QED) is 0.860. The number of hydrogen-bond donors (Lipinski definition) is 1. The Bertz CT molecular complexity index is 471. The number of rotatable bonds is 2. The van der Waals surface area contributed by atoms with Gasteiger partial charge in [0, 0.05) is 5.41 Å². The lowest BCUT2D eigenvalue weighted by atomic mass is 9.89. The van der Waals surface area contributed by atoms with Crippen LogP contribution >= 0.6 is 0 Å². The maximum absolute atomic E-state index is 12.0. The van der Waals surface area contributed by atoms with Gasteiger partial charge < -0.3 is 5.32 Å². The summed E-state index contributed by atoms with van der Waals surface area (Å²) in [5.74, 6) is 0.109. The molecule has 1 atom stereocenters. The zero-order valence-corrected chi connectivity index (χ0v) is 12.5. The van der Waals surface area contributed by atoms with Crippen LogP contribution in [0.3, 0.4) is 0 Å². The van der Waals surface area contributed by atoms with E-state index in [1.165, 1.54) is 42.4 Å². The van der Waals surface area contributed by atoms with Gasteiger partial charge in [-0.15, -0.1) is 0 Å². The third-order valence-electron chi connectivity index (χ3n) is 3.90. The van der Waals surface area contributed by atoms with Crippen molar-refractivity contribution in [3.63, 3.8) is 0 Å². The second-order valence-corrected chi connectivity index (χ2v) is 6.68. The van der Waals surface area contributed by atoms with Crippen molar-refractivity contribution < 1.29 is 4.79 Å². The van der Waals surface area contributed by atoms with E-state index < -0.39 is 0 Å². The molecule has 0 fully saturated rings. The molecule has 0 saturated carbocycles. The number of amides is 1. The normalized spacial score (nSPS) is 16.6. The molecule has 0 heterocycles. The predicted molar refractivity (Wildman–Crippen MR) is 79.1 cm³/mol. The molecule has 2 nitrogen and oxygen atoms in total. The number of carbonyl (C=O) groups is 1. The van der Waals surface area contributed by atoms with Gasteiger partial charge in [-0.05, 0) is 49.3 Å². The monoisotopic (exact) mass is 259 g/mol. The molecule has 0 spiro atoms. The van der Waals surface area contributed by atoms with Crippen LogP contribution in [0.15, 0.2) is 18.2 Å². The van der Waals surface area contributed by atoms with Gasteiger partial charge in [-0.3, -0.25) is 4.79 Å². The Morgan fingerprint density at radius 1 is 1.16 bits per heavy atom. The van der Waals surface area contributed by atoms with Crippen LogP contribution in [0.5, 0.6) is 0 Å². The number of hydrogen-bond acceptors (Lipinski definition) is 1. The van der Waals surface area contributed by atoms with E-state index in [0.29, 0.717) is 0 Å². The molecular formula is C17H25NO.